The molecular weight excluding hydrogens is 340 g/mol. The molecule has 0 fully saturated rings. The van der Waals surface area contributed by atoms with Crippen LogP contribution in [-0.4, -0.2) is 17.9 Å². The number of carbonyl (C=O) groups is 2. The first-order valence-electron chi connectivity index (χ1n) is 9.57. The molecular formula is C22H26N2O3. The first-order valence-corrected chi connectivity index (χ1v) is 9.57. The second-order valence-corrected chi connectivity index (χ2v) is 6.92. The van der Waals surface area contributed by atoms with Crippen LogP contribution in [-0.2, 0) is 22.4 Å². The molecule has 0 radical (unpaired) electrons. The smallest absolute Gasteiger partial charge is 0.314 e. The average molecular weight is 366 g/mol. The highest BCUT2D eigenvalue weighted by atomic mass is 16.5. The van der Waals surface area contributed by atoms with Crippen molar-refractivity contribution in [3.05, 3.63) is 53.6 Å². The van der Waals surface area contributed by atoms with E-state index in [1.165, 1.54) is 5.56 Å². The lowest BCUT2D eigenvalue weighted by atomic mass is 10.1. The maximum absolute atomic E-state index is 12.4. The van der Waals surface area contributed by atoms with Crippen molar-refractivity contribution in [2.45, 2.75) is 52.1 Å². The van der Waals surface area contributed by atoms with E-state index >= 15 is 0 Å². The molecule has 1 aliphatic carbocycles. The van der Waals surface area contributed by atoms with Gasteiger partial charge >= 0.3 is 11.8 Å². The fraction of sp³-hybridized carbons (Fsp3) is 0.364. The van der Waals surface area contributed by atoms with E-state index in [9.17, 15) is 9.59 Å². The molecule has 2 amide bonds. The first-order chi connectivity index (χ1) is 13.1. The number of amides is 2. The van der Waals surface area contributed by atoms with Gasteiger partial charge in [0.1, 0.15) is 5.75 Å². The molecule has 142 valence electrons. The summed E-state index contributed by atoms with van der Waals surface area (Å²) in [5.41, 5.74) is 3.61. The van der Waals surface area contributed by atoms with Gasteiger partial charge in [-0.2, -0.15) is 0 Å². The highest BCUT2D eigenvalue weighted by molar-refractivity contribution is 6.43. The van der Waals surface area contributed by atoms with Crippen LogP contribution in [0.4, 0.5) is 11.4 Å². The third-order valence-electron chi connectivity index (χ3n) is 4.76. The summed E-state index contributed by atoms with van der Waals surface area (Å²) in [6.45, 7) is 4.09. The third-order valence-corrected chi connectivity index (χ3v) is 4.76. The first kappa shape index (κ1) is 19.0. The number of nitrogens with one attached hydrogen (secondary N) is 2. The summed E-state index contributed by atoms with van der Waals surface area (Å²) in [4.78, 5) is 24.8. The Morgan fingerprint density at radius 3 is 2.48 bits per heavy atom. The van der Waals surface area contributed by atoms with Crippen molar-refractivity contribution >= 4 is 23.2 Å². The quantitative estimate of drug-likeness (QED) is 0.748. The van der Waals surface area contributed by atoms with Crippen molar-refractivity contribution in [1.29, 1.82) is 0 Å². The minimum Gasteiger partial charge on any atom is -0.489 e. The lowest BCUT2D eigenvalue weighted by Crippen LogP contribution is -2.29. The number of benzene rings is 2. The molecule has 1 atom stereocenters. The highest BCUT2D eigenvalue weighted by Gasteiger charge is 2.20. The molecule has 0 heterocycles. The van der Waals surface area contributed by atoms with Gasteiger partial charge in [0.25, 0.3) is 0 Å². The Morgan fingerprint density at radius 2 is 1.70 bits per heavy atom. The average Bonchev–Trinajstić information content (AvgIpc) is 3.13. The molecule has 1 aliphatic rings. The van der Waals surface area contributed by atoms with Crippen LogP contribution in [0, 0.1) is 0 Å². The van der Waals surface area contributed by atoms with Crippen molar-refractivity contribution in [3.8, 4) is 5.75 Å². The number of anilines is 2. The Kier molecular flexibility index (Phi) is 6.12. The maximum atomic E-state index is 12.4. The van der Waals surface area contributed by atoms with Crippen LogP contribution in [0.3, 0.4) is 0 Å². The molecule has 2 aromatic rings. The van der Waals surface area contributed by atoms with Gasteiger partial charge < -0.3 is 15.4 Å². The Balaban J connectivity index is 1.67. The molecule has 2 N–H and O–H groups in total. The summed E-state index contributed by atoms with van der Waals surface area (Å²) >= 11 is 0. The number of aryl methyl sites for hydroxylation is 1. The molecule has 3 rings (SSSR count). The lowest BCUT2D eigenvalue weighted by Gasteiger charge is -2.17. The fourth-order valence-corrected chi connectivity index (χ4v) is 3.45. The summed E-state index contributed by atoms with van der Waals surface area (Å²) in [5.74, 6) is -0.809. The number of ether oxygens (including phenoxy) is 1. The van der Waals surface area contributed by atoms with Gasteiger partial charge in [0, 0.05) is 5.69 Å². The van der Waals surface area contributed by atoms with Crippen molar-refractivity contribution in [3.63, 3.8) is 0 Å². The topological polar surface area (TPSA) is 67.4 Å². The van der Waals surface area contributed by atoms with E-state index in [0.29, 0.717) is 11.4 Å². The minimum atomic E-state index is -0.704. The van der Waals surface area contributed by atoms with Crippen molar-refractivity contribution in [1.82, 2.24) is 0 Å². The molecule has 0 saturated carbocycles. The fourth-order valence-electron chi connectivity index (χ4n) is 3.45. The number of para-hydroxylation sites is 2. The predicted molar refractivity (Wildman–Crippen MR) is 107 cm³/mol. The molecule has 5 nitrogen and oxygen atoms in total. The van der Waals surface area contributed by atoms with Gasteiger partial charge in [0.05, 0.1) is 11.8 Å². The zero-order chi connectivity index (χ0) is 19.2. The number of fused-ring (bicyclic) bond motifs is 1. The standard InChI is InChI=1S/C22H26N2O3/c1-3-8-15(2)27-20-14-5-4-12-19(20)24-22(26)21(25)23-18-13-7-10-16-9-6-11-17(16)18/h4-5,7,10,12-15H,3,6,8-9,11H2,1-2H3,(H,23,25)(H,24,26). The van der Waals surface area contributed by atoms with E-state index in [1.807, 2.05) is 25.1 Å². The Morgan fingerprint density at radius 1 is 1.00 bits per heavy atom. The number of rotatable bonds is 6. The second kappa shape index (κ2) is 8.71. The Bertz CT molecular complexity index is 832. The zero-order valence-corrected chi connectivity index (χ0v) is 15.9. The number of hydrogen-bond acceptors (Lipinski definition) is 3. The maximum Gasteiger partial charge on any atom is 0.314 e. The molecule has 5 heteroatoms. The van der Waals surface area contributed by atoms with Gasteiger partial charge in [-0.05, 0) is 61.9 Å². The van der Waals surface area contributed by atoms with Crippen LogP contribution in [0.1, 0.15) is 44.2 Å². The van der Waals surface area contributed by atoms with Crippen LogP contribution in [0.15, 0.2) is 42.5 Å². The molecule has 0 saturated heterocycles. The van der Waals surface area contributed by atoms with Crippen LogP contribution < -0.4 is 15.4 Å². The van der Waals surface area contributed by atoms with Gasteiger partial charge in [-0.25, -0.2) is 0 Å². The zero-order valence-electron chi connectivity index (χ0n) is 15.9. The Hall–Kier alpha value is -2.82. The van der Waals surface area contributed by atoms with E-state index in [-0.39, 0.29) is 6.10 Å². The van der Waals surface area contributed by atoms with Crippen molar-refractivity contribution in [2.75, 3.05) is 10.6 Å². The van der Waals surface area contributed by atoms with Crippen LogP contribution in [0.5, 0.6) is 5.75 Å². The summed E-state index contributed by atoms with van der Waals surface area (Å²) in [6, 6.07) is 13.0. The van der Waals surface area contributed by atoms with E-state index in [2.05, 4.69) is 23.6 Å². The number of carbonyl (C=O) groups excluding carboxylic acids is 2. The summed E-state index contributed by atoms with van der Waals surface area (Å²) < 4.78 is 5.90. The van der Waals surface area contributed by atoms with Crippen LogP contribution in [0.2, 0.25) is 0 Å². The number of hydrogen-bond donors (Lipinski definition) is 2. The SMILES string of the molecule is CCCC(C)Oc1ccccc1NC(=O)C(=O)Nc1cccc2c1CCC2. The van der Waals surface area contributed by atoms with Gasteiger partial charge in [0.2, 0.25) is 0 Å². The lowest BCUT2D eigenvalue weighted by molar-refractivity contribution is -0.133. The van der Waals surface area contributed by atoms with Gasteiger partial charge in [-0.3, -0.25) is 9.59 Å². The van der Waals surface area contributed by atoms with Gasteiger partial charge in [0.15, 0.2) is 0 Å². The van der Waals surface area contributed by atoms with Crippen molar-refractivity contribution < 1.29 is 14.3 Å². The van der Waals surface area contributed by atoms with E-state index < -0.39 is 11.8 Å². The summed E-state index contributed by atoms with van der Waals surface area (Å²) in [7, 11) is 0. The molecule has 0 aromatic heterocycles. The molecule has 2 aromatic carbocycles. The molecule has 0 aliphatic heterocycles. The molecule has 0 bridgehead atoms. The molecule has 1 unspecified atom stereocenters. The van der Waals surface area contributed by atoms with E-state index in [4.69, 9.17) is 4.74 Å². The molecule has 0 spiro atoms. The van der Waals surface area contributed by atoms with E-state index in [1.54, 1.807) is 18.2 Å². The largest absolute Gasteiger partial charge is 0.489 e. The predicted octanol–water partition coefficient (Wildman–Crippen LogP) is 4.32. The third kappa shape index (κ3) is 4.67. The van der Waals surface area contributed by atoms with E-state index in [0.717, 1.165) is 43.4 Å². The van der Waals surface area contributed by atoms with Gasteiger partial charge in [-0.1, -0.05) is 37.6 Å². The van der Waals surface area contributed by atoms with Gasteiger partial charge in [-0.15, -0.1) is 0 Å². The Labute approximate surface area is 160 Å². The minimum absolute atomic E-state index is 0.0359. The van der Waals surface area contributed by atoms with Crippen LogP contribution in [0.25, 0.3) is 0 Å². The van der Waals surface area contributed by atoms with Crippen molar-refractivity contribution in [2.24, 2.45) is 0 Å². The highest BCUT2D eigenvalue weighted by Crippen LogP contribution is 2.29. The summed E-state index contributed by atoms with van der Waals surface area (Å²) in [5, 5.41) is 5.42. The normalized spacial score (nSPS) is 13.6. The second-order valence-electron chi connectivity index (χ2n) is 6.92. The summed E-state index contributed by atoms with van der Waals surface area (Å²) in [6.07, 6.45) is 5.00. The van der Waals surface area contributed by atoms with Crippen LogP contribution >= 0.6 is 0 Å². The molecule has 27 heavy (non-hydrogen) atoms. The monoisotopic (exact) mass is 366 g/mol.